The lowest BCUT2D eigenvalue weighted by Gasteiger charge is -2.27. The summed E-state index contributed by atoms with van der Waals surface area (Å²) in [6.45, 7) is 6.70. The molecule has 2 aromatic heterocycles. The van der Waals surface area contributed by atoms with Gasteiger partial charge >= 0.3 is 0 Å². The van der Waals surface area contributed by atoms with Crippen LogP contribution in [0.15, 0.2) is 35.7 Å². The van der Waals surface area contributed by atoms with Crippen molar-refractivity contribution in [3.8, 4) is 5.75 Å². The highest BCUT2D eigenvalue weighted by molar-refractivity contribution is 7.90. The van der Waals surface area contributed by atoms with E-state index in [0.717, 1.165) is 36.4 Å². The van der Waals surface area contributed by atoms with Crippen LogP contribution in [0, 0.1) is 0 Å². The van der Waals surface area contributed by atoms with Crippen molar-refractivity contribution in [2.75, 3.05) is 19.9 Å². The maximum atomic E-state index is 11.7. The van der Waals surface area contributed by atoms with Crippen LogP contribution in [0.3, 0.4) is 0 Å². The Hall–Kier alpha value is -2.45. The fourth-order valence-corrected chi connectivity index (χ4v) is 4.42. The third-order valence-corrected chi connectivity index (χ3v) is 6.26. The Kier molecular flexibility index (Phi) is 5.08. The summed E-state index contributed by atoms with van der Waals surface area (Å²) in [6.07, 6.45) is 5.74. The van der Waals surface area contributed by atoms with Crippen molar-refractivity contribution < 1.29 is 13.2 Å². The van der Waals surface area contributed by atoms with E-state index in [-0.39, 0.29) is 5.16 Å². The Morgan fingerprint density at radius 1 is 1.28 bits per heavy atom. The molecule has 4 rings (SSSR count). The molecule has 7 nitrogen and oxygen atoms in total. The number of nitrogens with zero attached hydrogens (tertiary/aromatic N) is 4. The van der Waals surface area contributed by atoms with Gasteiger partial charge in [-0.15, -0.1) is 0 Å². The van der Waals surface area contributed by atoms with Crippen LogP contribution in [-0.2, 0) is 29.3 Å². The highest BCUT2D eigenvalue weighted by atomic mass is 32.2. The number of hydrogen-bond donors (Lipinski definition) is 0. The summed E-state index contributed by atoms with van der Waals surface area (Å²) in [7, 11) is -1.70. The highest BCUT2D eigenvalue weighted by Crippen LogP contribution is 2.30. The van der Waals surface area contributed by atoms with Gasteiger partial charge in [-0.1, -0.05) is 0 Å². The summed E-state index contributed by atoms with van der Waals surface area (Å²) in [5.74, 6) is 0.853. The zero-order valence-corrected chi connectivity index (χ0v) is 18.0. The van der Waals surface area contributed by atoms with Crippen molar-refractivity contribution in [1.29, 1.82) is 0 Å². The van der Waals surface area contributed by atoms with Crippen molar-refractivity contribution in [3.63, 3.8) is 0 Å². The molecule has 8 heteroatoms. The lowest BCUT2D eigenvalue weighted by Crippen LogP contribution is -2.31. The summed E-state index contributed by atoms with van der Waals surface area (Å²) in [5.41, 5.74) is 4.29. The van der Waals surface area contributed by atoms with E-state index in [1.165, 1.54) is 16.5 Å². The molecule has 0 saturated heterocycles. The van der Waals surface area contributed by atoms with Crippen molar-refractivity contribution in [1.82, 2.24) is 19.4 Å². The molecule has 0 saturated carbocycles. The molecule has 0 fully saturated rings. The maximum absolute atomic E-state index is 11.7. The molecule has 0 radical (unpaired) electrons. The maximum Gasteiger partial charge on any atom is 0.246 e. The monoisotopic (exact) mass is 414 g/mol. The second-order valence-electron chi connectivity index (χ2n) is 7.90. The lowest BCUT2D eigenvalue weighted by molar-refractivity contribution is 0.242. The minimum absolute atomic E-state index is 0.0863. The predicted molar refractivity (Wildman–Crippen MR) is 112 cm³/mol. The van der Waals surface area contributed by atoms with Gasteiger partial charge in [-0.2, -0.15) is 0 Å². The van der Waals surface area contributed by atoms with E-state index in [9.17, 15) is 8.42 Å². The largest absolute Gasteiger partial charge is 0.497 e. The van der Waals surface area contributed by atoms with E-state index in [1.54, 1.807) is 13.3 Å². The molecule has 29 heavy (non-hydrogen) atoms. The van der Waals surface area contributed by atoms with E-state index in [4.69, 9.17) is 4.74 Å². The van der Waals surface area contributed by atoms with E-state index in [0.29, 0.717) is 19.0 Å². The smallest absolute Gasteiger partial charge is 0.246 e. The van der Waals surface area contributed by atoms with Crippen molar-refractivity contribution in [2.45, 2.75) is 44.6 Å². The average molecular weight is 415 g/mol. The molecule has 1 aliphatic heterocycles. The van der Waals surface area contributed by atoms with Crippen LogP contribution < -0.4 is 4.74 Å². The van der Waals surface area contributed by atoms with Crippen LogP contribution in [-0.4, -0.2) is 47.8 Å². The molecule has 0 bridgehead atoms. The summed E-state index contributed by atoms with van der Waals surface area (Å²) < 4.78 is 31.1. The molecule has 0 amide bonds. The zero-order valence-electron chi connectivity index (χ0n) is 17.2. The third-order valence-electron chi connectivity index (χ3n) is 5.40. The van der Waals surface area contributed by atoms with Gasteiger partial charge in [0.05, 0.1) is 12.8 Å². The number of fused-ring (bicyclic) bond motifs is 2. The van der Waals surface area contributed by atoms with Crippen molar-refractivity contribution >= 4 is 20.7 Å². The quantitative estimate of drug-likeness (QED) is 0.598. The number of benzene rings is 1. The molecule has 1 aliphatic rings. The van der Waals surface area contributed by atoms with Gasteiger partial charge in [-0.25, -0.2) is 18.4 Å². The van der Waals surface area contributed by atoms with Gasteiger partial charge in [0.1, 0.15) is 5.75 Å². The molecule has 0 N–H and O–H groups in total. The number of ether oxygens (including phenoxy) is 1. The molecule has 3 heterocycles. The highest BCUT2D eigenvalue weighted by Gasteiger charge is 2.22. The Labute approximate surface area is 171 Å². The van der Waals surface area contributed by atoms with Gasteiger partial charge in [0.15, 0.2) is 0 Å². The van der Waals surface area contributed by atoms with Gasteiger partial charge in [-0.3, -0.25) is 4.90 Å². The summed E-state index contributed by atoms with van der Waals surface area (Å²) >= 11 is 0. The molecule has 1 aromatic carbocycles. The van der Waals surface area contributed by atoms with Gasteiger partial charge in [0.2, 0.25) is 15.0 Å². The molecule has 154 valence electrons. The number of aromatic nitrogens is 3. The molecule has 3 aromatic rings. The van der Waals surface area contributed by atoms with Gasteiger partial charge < -0.3 is 9.30 Å². The van der Waals surface area contributed by atoms with Gasteiger partial charge in [0, 0.05) is 67.2 Å². The molecular formula is C21H26N4O3S. The topological polar surface area (TPSA) is 77.3 Å². The number of methoxy groups -OCH3 is 1. The van der Waals surface area contributed by atoms with E-state index in [1.807, 2.05) is 6.07 Å². The first-order chi connectivity index (χ1) is 13.8. The minimum atomic E-state index is -3.39. The zero-order chi connectivity index (χ0) is 20.8. The van der Waals surface area contributed by atoms with Crippen LogP contribution in [0.5, 0.6) is 5.75 Å². The minimum Gasteiger partial charge on any atom is -0.497 e. The van der Waals surface area contributed by atoms with Gasteiger partial charge in [0.25, 0.3) is 0 Å². The molecule has 0 atom stereocenters. The first kappa shape index (κ1) is 19.8. The average Bonchev–Trinajstić information content (AvgIpc) is 3.04. The number of rotatable bonds is 5. The number of hydrogen-bond acceptors (Lipinski definition) is 6. The lowest BCUT2D eigenvalue weighted by atomic mass is 10.1. The third kappa shape index (κ3) is 3.86. The molecular weight excluding hydrogens is 388 g/mol. The second kappa shape index (κ2) is 7.42. The fraction of sp³-hybridized carbons (Fsp3) is 0.429. The summed E-state index contributed by atoms with van der Waals surface area (Å²) in [4.78, 5) is 10.7. The summed E-state index contributed by atoms with van der Waals surface area (Å²) in [6, 6.07) is 6.58. The number of sulfone groups is 1. The first-order valence-electron chi connectivity index (χ1n) is 9.71. The molecule has 0 aliphatic carbocycles. The SMILES string of the molecule is COc1ccc2c(c1)c(CN1CCc3nc(S(C)(=O)=O)ncc3C1)cn2C(C)C. The molecule has 0 spiro atoms. The van der Waals surface area contributed by atoms with Crippen molar-refractivity contribution in [3.05, 3.63) is 47.4 Å². The van der Waals surface area contributed by atoms with Crippen molar-refractivity contribution in [2.24, 2.45) is 0 Å². The Morgan fingerprint density at radius 2 is 2.07 bits per heavy atom. The van der Waals surface area contributed by atoms with E-state index >= 15 is 0 Å². The van der Waals surface area contributed by atoms with E-state index < -0.39 is 9.84 Å². The molecule has 0 unspecified atom stereocenters. The van der Waals surface area contributed by atoms with E-state index in [2.05, 4.69) is 51.6 Å². The normalized spacial score (nSPS) is 15.1. The Balaban J connectivity index is 1.63. The van der Waals surface area contributed by atoms with Crippen LogP contribution in [0.25, 0.3) is 10.9 Å². The summed E-state index contributed by atoms with van der Waals surface area (Å²) in [5, 5.41) is 1.12. The van der Waals surface area contributed by atoms with Crippen LogP contribution in [0.4, 0.5) is 0 Å². The van der Waals surface area contributed by atoms with Gasteiger partial charge in [-0.05, 0) is 37.6 Å². The fourth-order valence-electron chi connectivity index (χ4n) is 3.90. The Bertz CT molecular complexity index is 1170. The standard InChI is InChI=1S/C21H26N4O3S/c1-14(2)25-13-16(18-9-17(28-3)5-6-20(18)25)12-24-8-7-19-15(11-24)10-22-21(23-19)29(4,26)27/h5-6,9-10,13-14H,7-8,11-12H2,1-4H3. The predicted octanol–water partition coefficient (Wildman–Crippen LogP) is 2.98. The Morgan fingerprint density at radius 3 is 2.76 bits per heavy atom. The van der Waals surface area contributed by atoms with Crippen LogP contribution >= 0.6 is 0 Å². The van der Waals surface area contributed by atoms with Crippen LogP contribution in [0.2, 0.25) is 0 Å². The van der Waals surface area contributed by atoms with Crippen LogP contribution in [0.1, 0.15) is 36.7 Å². The second-order valence-corrected chi connectivity index (χ2v) is 9.81. The first-order valence-corrected chi connectivity index (χ1v) is 11.6.